The number of aromatic nitrogens is 1. The Morgan fingerprint density at radius 3 is 2.55 bits per heavy atom. The minimum Gasteiger partial charge on any atom is -0.365 e. The van der Waals surface area contributed by atoms with Crippen molar-refractivity contribution in [1.82, 2.24) is 4.98 Å². The van der Waals surface area contributed by atoms with Crippen molar-refractivity contribution in [1.29, 1.82) is 5.26 Å². The lowest BCUT2D eigenvalue weighted by Gasteiger charge is -2.08. The van der Waals surface area contributed by atoms with Crippen LogP contribution in [-0.4, -0.2) is 11.5 Å². The van der Waals surface area contributed by atoms with Gasteiger partial charge in [-0.3, -0.25) is 0 Å². The highest BCUT2D eigenvalue weighted by Gasteiger charge is 2.06. The highest BCUT2D eigenvalue weighted by molar-refractivity contribution is 6.34. The van der Waals surface area contributed by atoms with Gasteiger partial charge in [-0.2, -0.15) is 5.26 Å². The Hall–Kier alpha value is -2.09. The maximum Gasteiger partial charge on any atom is 0.146 e. The van der Waals surface area contributed by atoms with Gasteiger partial charge in [-0.25, -0.2) is 4.98 Å². The molecule has 0 amide bonds. The molecule has 0 aliphatic rings. The van der Waals surface area contributed by atoms with Crippen molar-refractivity contribution in [3.05, 3.63) is 58.2 Å². The number of nitriles is 1. The van der Waals surface area contributed by atoms with Crippen molar-refractivity contribution in [2.24, 2.45) is 5.73 Å². The smallest absolute Gasteiger partial charge is 0.146 e. The summed E-state index contributed by atoms with van der Waals surface area (Å²) >= 11 is 6.08. The molecule has 0 fully saturated rings. The summed E-state index contributed by atoms with van der Waals surface area (Å²) in [6.07, 6.45) is 2.45. The number of nitrogens with zero attached hydrogens (tertiary/aromatic N) is 2. The minimum atomic E-state index is 0.356. The Kier molecular flexibility index (Phi) is 4.94. The quantitative estimate of drug-likeness (QED) is 0.886. The van der Waals surface area contributed by atoms with E-state index in [2.05, 4.69) is 22.4 Å². The fourth-order valence-electron chi connectivity index (χ4n) is 1.83. The van der Waals surface area contributed by atoms with Crippen LogP contribution in [0.3, 0.4) is 0 Å². The van der Waals surface area contributed by atoms with E-state index in [0.717, 1.165) is 12.0 Å². The topological polar surface area (TPSA) is 74.7 Å². The predicted octanol–water partition coefficient (Wildman–Crippen LogP) is 2.72. The molecular weight excluding hydrogens is 272 g/mol. The van der Waals surface area contributed by atoms with Gasteiger partial charge in [-0.05, 0) is 30.2 Å². The first-order valence-electron chi connectivity index (χ1n) is 6.31. The molecule has 0 unspecified atom stereocenters. The van der Waals surface area contributed by atoms with E-state index >= 15 is 0 Å². The van der Waals surface area contributed by atoms with Gasteiger partial charge in [0.15, 0.2) is 0 Å². The van der Waals surface area contributed by atoms with E-state index in [1.807, 2.05) is 18.2 Å². The standard InChI is InChI=1S/C15H15ClN4/c16-14-13(9-18)6-8-19-15(14)20-10-12-3-1-11(2-4-12)5-7-17/h1-4,6,8H,5,7,10,17H2,(H,19,20). The molecule has 1 heterocycles. The minimum absolute atomic E-state index is 0.356. The van der Waals surface area contributed by atoms with E-state index in [1.54, 1.807) is 12.3 Å². The van der Waals surface area contributed by atoms with Crippen LogP contribution in [0.25, 0.3) is 0 Å². The van der Waals surface area contributed by atoms with Crippen molar-refractivity contribution in [2.75, 3.05) is 11.9 Å². The van der Waals surface area contributed by atoms with Gasteiger partial charge in [0.2, 0.25) is 0 Å². The normalized spacial score (nSPS) is 10.1. The molecule has 20 heavy (non-hydrogen) atoms. The van der Waals surface area contributed by atoms with E-state index in [4.69, 9.17) is 22.6 Å². The summed E-state index contributed by atoms with van der Waals surface area (Å²) in [7, 11) is 0. The Morgan fingerprint density at radius 2 is 1.90 bits per heavy atom. The second-order valence-corrected chi connectivity index (χ2v) is 4.72. The first-order chi connectivity index (χ1) is 9.74. The molecule has 3 N–H and O–H groups in total. The lowest BCUT2D eigenvalue weighted by Crippen LogP contribution is -2.04. The summed E-state index contributed by atoms with van der Waals surface area (Å²) in [6.45, 7) is 1.25. The second kappa shape index (κ2) is 6.90. The van der Waals surface area contributed by atoms with Crippen molar-refractivity contribution in [3.63, 3.8) is 0 Å². The molecule has 0 bridgehead atoms. The fraction of sp³-hybridized carbons (Fsp3) is 0.200. The lowest BCUT2D eigenvalue weighted by atomic mass is 10.1. The third kappa shape index (κ3) is 3.47. The number of anilines is 1. The monoisotopic (exact) mass is 286 g/mol. The van der Waals surface area contributed by atoms with E-state index in [0.29, 0.717) is 29.5 Å². The molecular formula is C15H15ClN4. The van der Waals surface area contributed by atoms with Crippen LogP contribution in [0.1, 0.15) is 16.7 Å². The number of hydrogen-bond donors (Lipinski definition) is 2. The average molecular weight is 287 g/mol. The zero-order valence-corrected chi connectivity index (χ0v) is 11.7. The Bertz CT molecular complexity index is 617. The van der Waals surface area contributed by atoms with Gasteiger partial charge in [-0.1, -0.05) is 35.9 Å². The molecule has 0 aliphatic heterocycles. The van der Waals surface area contributed by atoms with Gasteiger partial charge in [0.25, 0.3) is 0 Å². The fourth-order valence-corrected chi connectivity index (χ4v) is 2.05. The van der Waals surface area contributed by atoms with E-state index in [1.165, 1.54) is 5.56 Å². The number of benzene rings is 1. The highest BCUT2D eigenvalue weighted by Crippen LogP contribution is 2.23. The van der Waals surface area contributed by atoms with Gasteiger partial charge in [0.05, 0.1) is 5.56 Å². The summed E-state index contributed by atoms with van der Waals surface area (Å²) in [5.41, 5.74) is 8.27. The summed E-state index contributed by atoms with van der Waals surface area (Å²) in [5.74, 6) is 0.525. The van der Waals surface area contributed by atoms with Crippen molar-refractivity contribution in [3.8, 4) is 6.07 Å². The number of rotatable bonds is 5. The molecule has 0 spiro atoms. The van der Waals surface area contributed by atoms with Crippen LogP contribution in [0.2, 0.25) is 5.02 Å². The van der Waals surface area contributed by atoms with Crippen molar-refractivity contribution in [2.45, 2.75) is 13.0 Å². The molecule has 0 saturated carbocycles. The number of pyridine rings is 1. The van der Waals surface area contributed by atoms with Gasteiger partial charge >= 0.3 is 0 Å². The molecule has 4 nitrogen and oxygen atoms in total. The molecule has 0 atom stereocenters. The second-order valence-electron chi connectivity index (χ2n) is 4.34. The number of halogens is 1. The number of nitrogens with one attached hydrogen (secondary N) is 1. The average Bonchev–Trinajstić information content (AvgIpc) is 2.48. The highest BCUT2D eigenvalue weighted by atomic mass is 35.5. The van der Waals surface area contributed by atoms with Crippen LogP contribution in [0, 0.1) is 11.3 Å². The zero-order chi connectivity index (χ0) is 14.4. The lowest BCUT2D eigenvalue weighted by molar-refractivity contribution is 0.965. The summed E-state index contributed by atoms with van der Waals surface area (Å²) in [4.78, 5) is 4.14. The van der Waals surface area contributed by atoms with Crippen LogP contribution in [0.4, 0.5) is 5.82 Å². The molecule has 0 saturated heterocycles. The molecule has 2 rings (SSSR count). The number of hydrogen-bond acceptors (Lipinski definition) is 4. The summed E-state index contributed by atoms with van der Waals surface area (Å²) in [5, 5.41) is 12.4. The van der Waals surface area contributed by atoms with E-state index in [9.17, 15) is 0 Å². The van der Waals surface area contributed by atoms with Crippen molar-refractivity contribution < 1.29 is 0 Å². The molecule has 0 aliphatic carbocycles. The SMILES string of the molecule is N#Cc1ccnc(NCc2ccc(CCN)cc2)c1Cl. The van der Waals surface area contributed by atoms with Gasteiger partial charge < -0.3 is 11.1 Å². The van der Waals surface area contributed by atoms with Crippen LogP contribution in [-0.2, 0) is 13.0 Å². The largest absolute Gasteiger partial charge is 0.365 e. The van der Waals surface area contributed by atoms with Crippen LogP contribution < -0.4 is 11.1 Å². The van der Waals surface area contributed by atoms with Gasteiger partial charge in [0, 0.05) is 12.7 Å². The van der Waals surface area contributed by atoms with E-state index in [-0.39, 0.29) is 0 Å². The number of nitrogens with two attached hydrogens (primary N) is 1. The maximum atomic E-state index is 8.91. The van der Waals surface area contributed by atoms with Crippen LogP contribution in [0.15, 0.2) is 36.5 Å². The Labute approximate surface area is 123 Å². The summed E-state index contributed by atoms with van der Waals surface area (Å²) in [6, 6.07) is 11.8. The molecule has 102 valence electrons. The molecule has 0 radical (unpaired) electrons. The predicted molar refractivity (Wildman–Crippen MR) is 80.5 cm³/mol. The Balaban J connectivity index is 2.04. The molecule has 2 aromatic rings. The first kappa shape index (κ1) is 14.3. The van der Waals surface area contributed by atoms with E-state index < -0.39 is 0 Å². The van der Waals surface area contributed by atoms with Gasteiger partial charge in [-0.15, -0.1) is 0 Å². The molecule has 1 aromatic heterocycles. The molecule has 5 heteroatoms. The van der Waals surface area contributed by atoms with Crippen molar-refractivity contribution >= 4 is 17.4 Å². The Morgan fingerprint density at radius 1 is 1.20 bits per heavy atom. The first-order valence-corrected chi connectivity index (χ1v) is 6.68. The molecule has 1 aromatic carbocycles. The maximum absolute atomic E-state index is 8.91. The van der Waals surface area contributed by atoms with Crippen LogP contribution >= 0.6 is 11.6 Å². The summed E-state index contributed by atoms with van der Waals surface area (Å²) < 4.78 is 0. The third-order valence-corrected chi connectivity index (χ3v) is 3.31. The zero-order valence-electron chi connectivity index (χ0n) is 10.9. The van der Waals surface area contributed by atoms with Gasteiger partial charge in [0.1, 0.15) is 16.9 Å². The third-order valence-electron chi connectivity index (χ3n) is 2.93. The van der Waals surface area contributed by atoms with Crippen LogP contribution in [0.5, 0.6) is 0 Å².